The maximum Gasteiger partial charge on any atom is 0.146 e. The van der Waals surface area contributed by atoms with Crippen LogP contribution >= 0.6 is 0 Å². The Bertz CT molecular complexity index is 270. The fourth-order valence-corrected chi connectivity index (χ4v) is 1.15. The van der Waals surface area contributed by atoms with E-state index in [1.165, 1.54) is 0 Å². The summed E-state index contributed by atoms with van der Waals surface area (Å²) in [5.74, 6) is 0.892. The van der Waals surface area contributed by atoms with Gasteiger partial charge in [0.1, 0.15) is 5.82 Å². The van der Waals surface area contributed by atoms with Crippen LogP contribution in [-0.2, 0) is 0 Å². The van der Waals surface area contributed by atoms with Gasteiger partial charge in [0.05, 0.1) is 5.69 Å². The number of hydrogen-bond acceptors (Lipinski definition) is 3. The van der Waals surface area contributed by atoms with E-state index in [9.17, 15) is 0 Å². The molecule has 1 rings (SSSR count). The van der Waals surface area contributed by atoms with Crippen LogP contribution in [-0.4, -0.2) is 4.98 Å². The van der Waals surface area contributed by atoms with E-state index in [0.717, 1.165) is 12.0 Å². The van der Waals surface area contributed by atoms with Gasteiger partial charge in [-0.3, -0.25) is 0 Å². The summed E-state index contributed by atoms with van der Waals surface area (Å²) in [6.45, 7) is 4.26. The Kier molecular flexibility index (Phi) is 2.53. The molecule has 0 amide bonds. The Morgan fingerprint density at radius 2 is 2.17 bits per heavy atom. The van der Waals surface area contributed by atoms with Gasteiger partial charge < -0.3 is 11.5 Å². The summed E-state index contributed by atoms with van der Waals surface area (Å²) in [7, 11) is 0. The molecule has 0 aliphatic heterocycles. The Labute approximate surface area is 72.8 Å². The molecule has 3 heteroatoms. The summed E-state index contributed by atoms with van der Waals surface area (Å²) in [6.07, 6.45) is 2.76. The first-order chi connectivity index (χ1) is 5.66. The highest BCUT2D eigenvalue weighted by atomic mass is 14.9. The predicted molar refractivity (Wildman–Crippen MR) is 51.8 cm³/mol. The molecule has 0 bridgehead atoms. The van der Waals surface area contributed by atoms with E-state index < -0.39 is 0 Å². The van der Waals surface area contributed by atoms with Crippen LogP contribution in [0.2, 0.25) is 0 Å². The van der Waals surface area contributed by atoms with Crippen molar-refractivity contribution in [1.82, 2.24) is 4.98 Å². The van der Waals surface area contributed by atoms with E-state index in [-0.39, 0.29) is 0 Å². The Balaban J connectivity index is 3.07. The van der Waals surface area contributed by atoms with Gasteiger partial charge in [-0.2, -0.15) is 0 Å². The van der Waals surface area contributed by atoms with Crippen molar-refractivity contribution >= 4 is 11.5 Å². The zero-order valence-corrected chi connectivity index (χ0v) is 7.54. The summed E-state index contributed by atoms with van der Waals surface area (Å²) < 4.78 is 0. The maximum atomic E-state index is 5.77. The molecular weight excluding hydrogens is 150 g/mol. The number of rotatable bonds is 2. The van der Waals surface area contributed by atoms with Crippen LogP contribution < -0.4 is 11.5 Å². The molecule has 0 aliphatic carbocycles. The molecule has 1 atom stereocenters. The molecular formula is C9H15N3. The van der Waals surface area contributed by atoms with Crippen molar-refractivity contribution in [2.75, 3.05) is 11.5 Å². The van der Waals surface area contributed by atoms with E-state index in [1.54, 1.807) is 6.20 Å². The molecule has 0 radical (unpaired) electrons. The summed E-state index contributed by atoms with van der Waals surface area (Å²) in [5, 5.41) is 0. The van der Waals surface area contributed by atoms with E-state index in [2.05, 4.69) is 18.8 Å². The van der Waals surface area contributed by atoms with Gasteiger partial charge in [-0.25, -0.2) is 4.98 Å². The zero-order chi connectivity index (χ0) is 9.14. The first-order valence-electron chi connectivity index (χ1n) is 4.16. The van der Waals surface area contributed by atoms with E-state index in [1.807, 2.05) is 6.07 Å². The second-order valence-electron chi connectivity index (χ2n) is 3.01. The molecule has 1 aromatic rings. The van der Waals surface area contributed by atoms with Gasteiger partial charge >= 0.3 is 0 Å². The number of anilines is 2. The first-order valence-corrected chi connectivity index (χ1v) is 4.16. The summed E-state index contributed by atoms with van der Waals surface area (Å²) in [5.41, 5.74) is 13.1. The predicted octanol–water partition coefficient (Wildman–Crippen LogP) is 1.76. The topological polar surface area (TPSA) is 64.9 Å². The molecule has 0 spiro atoms. The lowest BCUT2D eigenvalue weighted by atomic mass is 9.98. The SMILES string of the molecule is CCC(C)c1ccnc(N)c1N. The van der Waals surface area contributed by atoms with Gasteiger partial charge in [-0.15, -0.1) is 0 Å². The quantitative estimate of drug-likeness (QED) is 0.701. The summed E-state index contributed by atoms with van der Waals surface area (Å²) in [6, 6.07) is 1.93. The maximum absolute atomic E-state index is 5.77. The summed E-state index contributed by atoms with van der Waals surface area (Å²) >= 11 is 0. The molecule has 0 saturated carbocycles. The highest BCUT2D eigenvalue weighted by Crippen LogP contribution is 2.26. The van der Waals surface area contributed by atoms with Crippen molar-refractivity contribution < 1.29 is 0 Å². The van der Waals surface area contributed by atoms with E-state index in [4.69, 9.17) is 11.5 Å². The average Bonchev–Trinajstić information content (AvgIpc) is 2.08. The smallest absolute Gasteiger partial charge is 0.146 e. The number of hydrogen-bond donors (Lipinski definition) is 2. The molecule has 0 aliphatic rings. The van der Waals surface area contributed by atoms with Crippen LogP contribution in [0.15, 0.2) is 12.3 Å². The van der Waals surface area contributed by atoms with Crippen molar-refractivity contribution in [3.05, 3.63) is 17.8 Å². The minimum atomic E-state index is 0.438. The monoisotopic (exact) mass is 165 g/mol. The van der Waals surface area contributed by atoms with Crippen molar-refractivity contribution in [2.24, 2.45) is 0 Å². The Morgan fingerprint density at radius 1 is 1.50 bits per heavy atom. The number of nitrogens with zero attached hydrogens (tertiary/aromatic N) is 1. The molecule has 1 heterocycles. The van der Waals surface area contributed by atoms with Gasteiger partial charge in [0.25, 0.3) is 0 Å². The molecule has 0 saturated heterocycles. The van der Waals surface area contributed by atoms with Crippen LogP contribution in [0.25, 0.3) is 0 Å². The highest BCUT2D eigenvalue weighted by molar-refractivity contribution is 5.63. The molecule has 0 fully saturated rings. The van der Waals surface area contributed by atoms with E-state index in [0.29, 0.717) is 17.4 Å². The number of nitrogen functional groups attached to an aromatic ring is 2. The second-order valence-corrected chi connectivity index (χ2v) is 3.01. The van der Waals surface area contributed by atoms with Gasteiger partial charge in [-0.05, 0) is 24.0 Å². The third kappa shape index (κ3) is 1.49. The first kappa shape index (κ1) is 8.84. The number of nitrogens with two attached hydrogens (primary N) is 2. The van der Waals surface area contributed by atoms with Crippen molar-refractivity contribution in [3.8, 4) is 0 Å². The van der Waals surface area contributed by atoms with Crippen molar-refractivity contribution in [3.63, 3.8) is 0 Å². The van der Waals surface area contributed by atoms with Gasteiger partial charge in [0.2, 0.25) is 0 Å². The average molecular weight is 165 g/mol. The third-order valence-corrected chi connectivity index (χ3v) is 2.20. The number of aromatic nitrogens is 1. The standard InChI is InChI=1S/C9H15N3/c1-3-6(2)7-4-5-12-9(11)8(7)10/h4-6H,3,10H2,1-2H3,(H2,11,12). The molecule has 3 nitrogen and oxygen atoms in total. The lowest BCUT2D eigenvalue weighted by Crippen LogP contribution is -2.04. The van der Waals surface area contributed by atoms with Crippen LogP contribution in [0.5, 0.6) is 0 Å². The van der Waals surface area contributed by atoms with Crippen molar-refractivity contribution in [2.45, 2.75) is 26.2 Å². The van der Waals surface area contributed by atoms with Gasteiger partial charge in [0, 0.05) is 6.20 Å². The van der Waals surface area contributed by atoms with Crippen LogP contribution in [0.1, 0.15) is 31.7 Å². The minimum Gasteiger partial charge on any atom is -0.396 e. The molecule has 0 aromatic carbocycles. The second kappa shape index (κ2) is 3.43. The molecule has 12 heavy (non-hydrogen) atoms. The Hall–Kier alpha value is -1.25. The van der Waals surface area contributed by atoms with E-state index >= 15 is 0 Å². The van der Waals surface area contributed by atoms with Gasteiger partial charge in [0.15, 0.2) is 0 Å². The molecule has 4 N–H and O–H groups in total. The summed E-state index contributed by atoms with van der Waals surface area (Å²) in [4.78, 5) is 3.91. The fourth-order valence-electron chi connectivity index (χ4n) is 1.15. The molecule has 1 unspecified atom stereocenters. The lowest BCUT2D eigenvalue weighted by molar-refractivity contribution is 0.735. The van der Waals surface area contributed by atoms with Crippen LogP contribution in [0.3, 0.4) is 0 Å². The highest BCUT2D eigenvalue weighted by Gasteiger charge is 2.08. The van der Waals surface area contributed by atoms with Crippen LogP contribution in [0.4, 0.5) is 11.5 Å². The molecule has 1 aromatic heterocycles. The fraction of sp³-hybridized carbons (Fsp3) is 0.444. The zero-order valence-electron chi connectivity index (χ0n) is 7.54. The van der Waals surface area contributed by atoms with Gasteiger partial charge in [-0.1, -0.05) is 13.8 Å². The Morgan fingerprint density at radius 3 is 2.75 bits per heavy atom. The molecule has 66 valence electrons. The third-order valence-electron chi connectivity index (χ3n) is 2.20. The number of pyridine rings is 1. The van der Waals surface area contributed by atoms with Crippen molar-refractivity contribution in [1.29, 1.82) is 0 Å². The van der Waals surface area contributed by atoms with Crippen LogP contribution in [0, 0.1) is 0 Å². The largest absolute Gasteiger partial charge is 0.396 e. The lowest BCUT2D eigenvalue weighted by Gasteiger charge is -2.12. The normalized spacial score (nSPS) is 12.8. The minimum absolute atomic E-state index is 0.438.